The number of benzene rings is 6. The second-order valence-electron chi connectivity index (χ2n) is 16.8. The van der Waals surface area contributed by atoms with Crippen LogP contribution >= 0.6 is 0 Å². The summed E-state index contributed by atoms with van der Waals surface area (Å²) in [5.74, 6) is 0.855. The molecule has 0 heterocycles. The number of aliphatic hydroxyl groups excluding tert-OH is 6. The van der Waals surface area contributed by atoms with Gasteiger partial charge in [-0.2, -0.15) is 0 Å². The molecule has 0 atom stereocenters. The Kier molecular flexibility index (Phi) is 44.4. The number of hydrogen-bond donors (Lipinski definition) is 12. The van der Waals surface area contributed by atoms with Gasteiger partial charge in [0.1, 0.15) is 34.5 Å². The van der Waals surface area contributed by atoms with Crippen molar-refractivity contribution >= 4 is 0 Å². The van der Waals surface area contributed by atoms with Crippen molar-refractivity contribution in [3.8, 4) is 34.5 Å². The Balaban J connectivity index is -0.00000103. The molecular formula is C59H84O12Zr3. The minimum absolute atomic E-state index is 0. The largest absolute Gasteiger partial charge is 0.508 e. The number of phenols is 6. The Morgan fingerprint density at radius 1 is 0.243 bits per heavy atom. The van der Waals surface area contributed by atoms with Crippen molar-refractivity contribution in [3.05, 3.63) is 174 Å². The molecule has 12 nitrogen and oxygen atoms in total. The van der Waals surface area contributed by atoms with E-state index < -0.39 is 0 Å². The Labute approximate surface area is 498 Å². The van der Waals surface area contributed by atoms with Crippen molar-refractivity contribution in [2.75, 3.05) is 39.6 Å². The van der Waals surface area contributed by atoms with Crippen molar-refractivity contribution in [3.63, 3.8) is 0 Å². The Bertz CT molecular complexity index is 2320. The molecule has 0 saturated heterocycles. The average Bonchev–Trinajstić information content (AvgIpc) is 3.28. The van der Waals surface area contributed by atoms with Crippen LogP contribution in [-0.2, 0) is 111 Å². The second kappa shape index (κ2) is 42.6. The van der Waals surface area contributed by atoms with E-state index >= 15 is 0 Å². The monoisotopic (exact) mass is 1250 g/mol. The minimum Gasteiger partial charge on any atom is -0.508 e. The van der Waals surface area contributed by atoms with E-state index in [1.807, 2.05) is 114 Å². The van der Waals surface area contributed by atoms with Gasteiger partial charge in [-0.1, -0.05) is 106 Å². The van der Waals surface area contributed by atoms with Crippen LogP contribution in [0.3, 0.4) is 0 Å². The van der Waals surface area contributed by atoms with Gasteiger partial charge in [-0.15, -0.1) is 0 Å². The van der Waals surface area contributed by atoms with Crippen LogP contribution in [0.1, 0.15) is 131 Å². The molecule has 0 fully saturated rings. The molecule has 6 rings (SSSR count). The topological polar surface area (TPSA) is 243 Å². The van der Waals surface area contributed by atoms with Crippen LogP contribution < -0.4 is 0 Å². The molecule has 0 aromatic heterocycles. The standard InChI is InChI=1S/C47H48O6.6C2H6O.3Zr/c1-26-7-9-42(48)32(11-26)21-34-13-28(3)15-36(44(34)50)23-38-17-30(5)19-40(46(38)52)25-41-20-31(6)18-39(47(41)53)24-37-16-29(4)14-35(45(37)51)22-33-12-27(2)8-10-43(33)49;6*1-2-3;;;/h7-20,48-53H,21-25H2,1-6H3;6*3H,2H2,1H3;;;. The Morgan fingerprint density at radius 2 is 0.378 bits per heavy atom. The van der Waals surface area contributed by atoms with Crippen LogP contribution in [0.15, 0.2) is 84.9 Å². The van der Waals surface area contributed by atoms with E-state index in [2.05, 4.69) is 0 Å². The molecule has 74 heavy (non-hydrogen) atoms. The fourth-order valence-electron chi connectivity index (χ4n) is 7.55. The summed E-state index contributed by atoms with van der Waals surface area (Å²) in [5.41, 5.74) is 12.7. The number of hydrogen-bond acceptors (Lipinski definition) is 12. The van der Waals surface area contributed by atoms with E-state index in [1.54, 1.807) is 53.7 Å². The zero-order valence-electron chi connectivity index (χ0n) is 45.7. The summed E-state index contributed by atoms with van der Waals surface area (Å²) in [5, 5.41) is 112. The smallest absolute Gasteiger partial charge is 0.122 e. The molecule has 0 saturated carbocycles. The molecule has 0 bridgehead atoms. The summed E-state index contributed by atoms with van der Waals surface area (Å²) >= 11 is 0. The van der Waals surface area contributed by atoms with Crippen LogP contribution in [-0.4, -0.2) is 101 Å². The summed E-state index contributed by atoms with van der Waals surface area (Å²) in [6.45, 7) is 23.4. The van der Waals surface area contributed by atoms with Gasteiger partial charge in [0.25, 0.3) is 0 Å². The molecule has 0 aliphatic rings. The molecule has 6 aromatic carbocycles. The summed E-state index contributed by atoms with van der Waals surface area (Å²) in [4.78, 5) is 0. The predicted octanol–water partition coefficient (Wildman–Crippen LogP) is 9.71. The van der Waals surface area contributed by atoms with Crippen LogP contribution in [0.2, 0.25) is 0 Å². The van der Waals surface area contributed by atoms with Crippen molar-refractivity contribution in [1.29, 1.82) is 0 Å². The number of rotatable bonds is 10. The maximum atomic E-state index is 11.6. The third-order valence-corrected chi connectivity index (χ3v) is 10.0. The van der Waals surface area contributed by atoms with Crippen molar-refractivity contribution in [2.24, 2.45) is 0 Å². The summed E-state index contributed by atoms with van der Waals surface area (Å²) in [6.07, 6.45) is 1.59. The zero-order valence-corrected chi connectivity index (χ0v) is 53.1. The van der Waals surface area contributed by atoms with E-state index in [0.29, 0.717) is 70.2 Å². The molecule has 6 aromatic rings. The Morgan fingerprint density at radius 3 is 0.541 bits per heavy atom. The van der Waals surface area contributed by atoms with Gasteiger partial charge in [0.2, 0.25) is 0 Å². The molecule has 0 unspecified atom stereocenters. The van der Waals surface area contributed by atoms with Crippen molar-refractivity contribution in [2.45, 2.75) is 115 Å². The summed E-state index contributed by atoms with van der Waals surface area (Å²) in [7, 11) is 0. The molecule has 404 valence electrons. The van der Waals surface area contributed by atoms with Crippen LogP contribution in [0, 0.1) is 41.5 Å². The SMILES string of the molecule is CCO.CCO.CCO.CCO.CCO.CCO.Cc1ccc(O)c(Cc2cc(C)cc(Cc3cc(C)cc(Cc4cc(C)cc(Cc5cc(C)cc(Cc6cc(C)ccc6O)c5O)c4O)c3O)c2O)c1.[Zr].[Zr].[Zr]. The van der Waals surface area contributed by atoms with Crippen LogP contribution in [0.5, 0.6) is 34.5 Å². The van der Waals surface area contributed by atoms with E-state index in [4.69, 9.17) is 30.6 Å². The van der Waals surface area contributed by atoms with E-state index in [9.17, 15) is 30.6 Å². The third-order valence-electron chi connectivity index (χ3n) is 10.0. The number of aryl methyl sites for hydroxylation is 6. The molecule has 0 radical (unpaired) electrons. The van der Waals surface area contributed by atoms with Gasteiger partial charge in [0.15, 0.2) is 0 Å². The fraction of sp³-hybridized carbons (Fsp3) is 0.390. The molecular weight excluding hydrogens is 1170 g/mol. The van der Waals surface area contributed by atoms with Gasteiger partial charge >= 0.3 is 0 Å². The van der Waals surface area contributed by atoms with Crippen molar-refractivity contribution in [1.82, 2.24) is 0 Å². The second-order valence-corrected chi connectivity index (χ2v) is 16.8. The number of aromatic hydroxyl groups is 6. The van der Waals surface area contributed by atoms with Crippen molar-refractivity contribution < 1.29 is 140 Å². The molecule has 0 amide bonds. The zero-order chi connectivity index (χ0) is 54.4. The van der Waals surface area contributed by atoms with Gasteiger partial charge in [-0.3, -0.25) is 0 Å². The molecule has 15 heteroatoms. The first-order valence-electron chi connectivity index (χ1n) is 24.1. The maximum absolute atomic E-state index is 11.6. The van der Waals surface area contributed by atoms with Crippen LogP contribution in [0.4, 0.5) is 0 Å². The number of aliphatic hydroxyl groups is 6. The first kappa shape index (κ1) is 77.0. The van der Waals surface area contributed by atoms with Gasteiger partial charge in [0, 0.05) is 150 Å². The first-order valence-corrected chi connectivity index (χ1v) is 24.1. The third kappa shape index (κ3) is 27.5. The number of phenolic OH excluding ortho intramolecular Hbond substituents is 6. The van der Waals surface area contributed by atoms with Gasteiger partial charge in [0.05, 0.1) is 0 Å². The average molecular weight is 1260 g/mol. The van der Waals surface area contributed by atoms with Crippen LogP contribution in [0.25, 0.3) is 0 Å². The van der Waals surface area contributed by atoms with E-state index in [0.717, 1.165) is 44.5 Å². The molecule has 0 aliphatic carbocycles. The Hall–Kier alpha value is -3.47. The normalized spacial score (nSPS) is 9.54. The maximum Gasteiger partial charge on any atom is 0.122 e. The van der Waals surface area contributed by atoms with Gasteiger partial charge in [-0.25, -0.2) is 0 Å². The van der Waals surface area contributed by atoms with E-state index in [-0.39, 0.29) is 159 Å². The summed E-state index contributed by atoms with van der Waals surface area (Å²) in [6, 6.07) is 26.2. The molecule has 0 aliphatic heterocycles. The summed E-state index contributed by atoms with van der Waals surface area (Å²) < 4.78 is 0. The van der Waals surface area contributed by atoms with Gasteiger partial charge in [-0.05, 0) is 151 Å². The minimum atomic E-state index is 0. The first-order chi connectivity index (χ1) is 33.6. The predicted molar refractivity (Wildman–Crippen MR) is 288 cm³/mol. The fourth-order valence-corrected chi connectivity index (χ4v) is 7.55. The molecule has 12 N–H and O–H groups in total. The molecule has 0 spiro atoms. The van der Waals surface area contributed by atoms with E-state index in [1.165, 1.54) is 0 Å². The van der Waals surface area contributed by atoms with Gasteiger partial charge < -0.3 is 61.3 Å². The quantitative estimate of drug-likeness (QED) is 0.0614.